The highest BCUT2D eigenvalue weighted by molar-refractivity contribution is 6.30. The van der Waals surface area contributed by atoms with Crippen LogP contribution < -0.4 is 10.5 Å². The van der Waals surface area contributed by atoms with Gasteiger partial charge in [-0.25, -0.2) is 4.98 Å². The molecule has 0 radical (unpaired) electrons. The van der Waals surface area contributed by atoms with Crippen LogP contribution in [-0.4, -0.2) is 9.97 Å². The second-order valence-corrected chi connectivity index (χ2v) is 4.70. The fourth-order valence-corrected chi connectivity index (χ4v) is 1.95. The standard InChI is InChI=1S/C15H12ClN3O/c16-11-3-7-13(8-4-11)20-12-5-1-10(2-6-12)14-9-18-15(17)19-14/h1-9H,(H3,17,18,19). The molecule has 0 aliphatic rings. The molecule has 1 aromatic heterocycles. The third kappa shape index (κ3) is 2.75. The zero-order valence-electron chi connectivity index (χ0n) is 10.5. The molecule has 3 aromatic rings. The SMILES string of the molecule is Nc1ncc(-c2ccc(Oc3ccc(Cl)cc3)cc2)[nH]1. The summed E-state index contributed by atoms with van der Waals surface area (Å²) in [5, 5.41) is 0.685. The number of nitrogens with one attached hydrogen (secondary N) is 1. The number of H-pyrrole nitrogens is 1. The summed E-state index contributed by atoms with van der Waals surface area (Å²) in [4.78, 5) is 6.95. The molecule has 0 amide bonds. The number of imidazole rings is 1. The zero-order chi connectivity index (χ0) is 13.9. The van der Waals surface area contributed by atoms with Crippen LogP contribution in [0, 0.1) is 0 Å². The highest BCUT2D eigenvalue weighted by Gasteiger charge is 2.02. The number of halogens is 1. The van der Waals surface area contributed by atoms with E-state index in [1.54, 1.807) is 18.3 Å². The second-order valence-electron chi connectivity index (χ2n) is 4.26. The van der Waals surface area contributed by atoms with E-state index in [1.165, 1.54) is 0 Å². The number of ether oxygens (including phenoxy) is 1. The molecule has 0 saturated heterocycles. The number of benzene rings is 2. The normalized spacial score (nSPS) is 10.4. The Bertz CT molecular complexity index is 705. The molecule has 4 nitrogen and oxygen atoms in total. The van der Waals surface area contributed by atoms with E-state index in [4.69, 9.17) is 22.1 Å². The van der Waals surface area contributed by atoms with Gasteiger partial charge in [-0.3, -0.25) is 0 Å². The minimum absolute atomic E-state index is 0.404. The van der Waals surface area contributed by atoms with Crippen LogP contribution in [0.5, 0.6) is 11.5 Å². The third-order valence-electron chi connectivity index (χ3n) is 2.81. The molecular weight excluding hydrogens is 274 g/mol. The Morgan fingerprint density at radius 2 is 1.55 bits per heavy atom. The first kappa shape index (κ1) is 12.6. The first-order valence-electron chi connectivity index (χ1n) is 6.05. The van der Waals surface area contributed by atoms with Gasteiger partial charge in [-0.15, -0.1) is 0 Å². The first-order chi connectivity index (χ1) is 9.70. The Morgan fingerprint density at radius 1 is 0.950 bits per heavy atom. The maximum atomic E-state index is 5.83. The first-order valence-corrected chi connectivity index (χ1v) is 6.43. The quantitative estimate of drug-likeness (QED) is 0.761. The number of anilines is 1. The summed E-state index contributed by atoms with van der Waals surface area (Å²) < 4.78 is 5.72. The van der Waals surface area contributed by atoms with Gasteiger partial charge in [-0.05, 0) is 54.1 Å². The van der Waals surface area contributed by atoms with Gasteiger partial charge in [0.1, 0.15) is 11.5 Å². The Hall–Kier alpha value is -2.46. The van der Waals surface area contributed by atoms with Crippen molar-refractivity contribution >= 4 is 17.5 Å². The van der Waals surface area contributed by atoms with Crippen molar-refractivity contribution in [1.29, 1.82) is 0 Å². The summed E-state index contributed by atoms with van der Waals surface area (Å²) in [6.45, 7) is 0. The van der Waals surface area contributed by atoms with Gasteiger partial charge in [0.05, 0.1) is 11.9 Å². The molecule has 0 unspecified atom stereocenters. The smallest absolute Gasteiger partial charge is 0.197 e. The van der Waals surface area contributed by atoms with Crippen LogP contribution in [0.4, 0.5) is 5.95 Å². The summed E-state index contributed by atoms with van der Waals surface area (Å²) in [6, 6.07) is 14.9. The minimum atomic E-state index is 0.404. The van der Waals surface area contributed by atoms with Crippen molar-refractivity contribution in [3.63, 3.8) is 0 Å². The topological polar surface area (TPSA) is 63.9 Å². The molecular formula is C15H12ClN3O. The van der Waals surface area contributed by atoms with Crippen LogP contribution in [0.15, 0.2) is 54.7 Å². The lowest BCUT2D eigenvalue weighted by Gasteiger charge is -2.06. The Labute approximate surface area is 121 Å². The molecule has 1 heterocycles. The van der Waals surface area contributed by atoms with Crippen LogP contribution in [0.3, 0.4) is 0 Å². The van der Waals surface area contributed by atoms with Crippen molar-refractivity contribution in [2.75, 3.05) is 5.73 Å². The van der Waals surface area contributed by atoms with Crippen molar-refractivity contribution in [2.24, 2.45) is 0 Å². The van der Waals surface area contributed by atoms with E-state index in [9.17, 15) is 0 Å². The molecule has 0 saturated carbocycles. The molecule has 0 spiro atoms. The predicted octanol–water partition coefficient (Wildman–Crippen LogP) is 4.10. The molecule has 3 rings (SSSR count). The van der Waals surface area contributed by atoms with E-state index in [-0.39, 0.29) is 0 Å². The molecule has 0 aliphatic carbocycles. The highest BCUT2D eigenvalue weighted by Crippen LogP contribution is 2.26. The largest absolute Gasteiger partial charge is 0.457 e. The molecule has 3 N–H and O–H groups in total. The number of aromatic nitrogens is 2. The van der Waals surface area contributed by atoms with Gasteiger partial charge < -0.3 is 15.5 Å². The van der Waals surface area contributed by atoms with Crippen LogP contribution >= 0.6 is 11.6 Å². The summed E-state index contributed by atoms with van der Waals surface area (Å²) in [5.74, 6) is 1.90. The van der Waals surface area contributed by atoms with Gasteiger partial charge in [0.15, 0.2) is 5.95 Å². The highest BCUT2D eigenvalue weighted by atomic mass is 35.5. The Kier molecular flexibility index (Phi) is 3.31. The number of rotatable bonds is 3. The van der Waals surface area contributed by atoms with Crippen molar-refractivity contribution in [2.45, 2.75) is 0 Å². The average Bonchev–Trinajstić information content (AvgIpc) is 2.89. The predicted molar refractivity (Wildman–Crippen MR) is 80.0 cm³/mol. The number of aromatic amines is 1. The maximum absolute atomic E-state index is 5.83. The third-order valence-corrected chi connectivity index (χ3v) is 3.06. The van der Waals surface area contributed by atoms with E-state index in [0.29, 0.717) is 11.0 Å². The minimum Gasteiger partial charge on any atom is -0.457 e. The number of hydrogen-bond donors (Lipinski definition) is 2. The van der Waals surface area contributed by atoms with Crippen LogP contribution in [0.1, 0.15) is 0 Å². The van der Waals surface area contributed by atoms with Crippen LogP contribution in [0.2, 0.25) is 5.02 Å². The van der Waals surface area contributed by atoms with Gasteiger partial charge in [-0.1, -0.05) is 11.6 Å². The molecule has 0 fully saturated rings. The summed E-state index contributed by atoms with van der Waals surface area (Å²) in [5.41, 5.74) is 7.43. The Morgan fingerprint density at radius 3 is 2.10 bits per heavy atom. The van der Waals surface area contributed by atoms with Crippen molar-refractivity contribution in [3.05, 3.63) is 59.8 Å². The van der Waals surface area contributed by atoms with Crippen LogP contribution in [-0.2, 0) is 0 Å². The molecule has 0 atom stereocenters. The van der Waals surface area contributed by atoms with Gasteiger partial charge >= 0.3 is 0 Å². The number of nitrogens with zero attached hydrogens (tertiary/aromatic N) is 1. The summed E-state index contributed by atoms with van der Waals surface area (Å²) in [7, 11) is 0. The molecule has 20 heavy (non-hydrogen) atoms. The molecule has 100 valence electrons. The van der Waals surface area contributed by atoms with Crippen LogP contribution in [0.25, 0.3) is 11.3 Å². The second kappa shape index (κ2) is 5.27. The lowest BCUT2D eigenvalue weighted by atomic mass is 10.2. The number of nitrogen functional groups attached to an aromatic ring is 1. The summed E-state index contributed by atoms with van der Waals surface area (Å²) >= 11 is 5.83. The maximum Gasteiger partial charge on any atom is 0.197 e. The summed E-state index contributed by atoms with van der Waals surface area (Å²) in [6.07, 6.45) is 1.70. The molecule has 0 aliphatic heterocycles. The van der Waals surface area contributed by atoms with E-state index < -0.39 is 0 Å². The molecule has 5 heteroatoms. The Balaban J connectivity index is 1.77. The lowest BCUT2D eigenvalue weighted by molar-refractivity contribution is 0.483. The fourth-order valence-electron chi connectivity index (χ4n) is 1.82. The number of hydrogen-bond acceptors (Lipinski definition) is 3. The van der Waals surface area contributed by atoms with E-state index in [2.05, 4.69) is 9.97 Å². The fraction of sp³-hybridized carbons (Fsp3) is 0. The zero-order valence-corrected chi connectivity index (χ0v) is 11.3. The van der Waals surface area contributed by atoms with Gasteiger partial charge in [0.25, 0.3) is 0 Å². The monoisotopic (exact) mass is 285 g/mol. The van der Waals surface area contributed by atoms with E-state index in [1.807, 2.05) is 36.4 Å². The molecule has 0 bridgehead atoms. The van der Waals surface area contributed by atoms with E-state index >= 15 is 0 Å². The van der Waals surface area contributed by atoms with Crippen molar-refractivity contribution in [1.82, 2.24) is 9.97 Å². The molecule has 2 aromatic carbocycles. The number of nitrogens with two attached hydrogens (primary N) is 1. The van der Waals surface area contributed by atoms with E-state index in [0.717, 1.165) is 22.8 Å². The van der Waals surface area contributed by atoms with Gasteiger partial charge in [-0.2, -0.15) is 0 Å². The average molecular weight is 286 g/mol. The van der Waals surface area contributed by atoms with Gasteiger partial charge in [0, 0.05) is 5.02 Å². The lowest BCUT2D eigenvalue weighted by Crippen LogP contribution is -1.86. The van der Waals surface area contributed by atoms with Gasteiger partial charge in [0.2, 0.25) is 0 Å². The van der Waals surface area contributed by atoms with Crippen molar-refractivity contribution < 1.29 is 4.74 Å². The van der Waals surface area contributed by atoms with Crippen molar-refractivity contribution in [3.8, 4) is 22.8 Å².